The molecule has 2 aromatic rings. The van der Waals surface area contributed by atoms with Gasteiger partial charge in [0, 0.05) is 0 Å². The number of hydrogen-bond donors (Lipinski definition) is 0. The van der Waals surface area contributed by atoms with Crippen LogP contribution in [0.15, 0.2) is 35.4 Å². The van der Waals surface area contributed by atoms with Crippen molar-refractivity contribution in [1.82, 2.24) is 9.55 Å². The Labute approximate surface area is 111 Å². The van der Waals surface area contributed by atoms with Crippen molar-refractivity contribution in [3.8, 4) is 6.07 Å². The van der Waals surface area contributed by atoms with E-state index >= 15 is 0 Å². The Hall–Kier alpha value is -3.08. The highest BCUT2D eigenvalue weighted by Crippen LogP contribution is 2.11. The van der Waals surface area contributed by atoms with Gasteiger partial charge in [0.05, 0.1) is 23.2 Å². The topological polar surface area (TPSA) is 102 Å². The molecule has 1 heterocycles. The highest BCUT2D eigenvalue weighted by molar-refractivity contribution is 5.34. The maximum Gasteiger partial charge on any atom is 0.348 e. The first-order valence-corrected chi connectivity index (χ1v) is 5.40. The number of hydrogen-bond acceptors (Lipinski definition) is 5. The summed E-state index contributed by atoms with van der Waals surface area (Å²) in [6.07, 6.45) is 1.91. The molecule has 100 valence electrons. The molecule has 0 fully saturated rings. The van der Waals surface area contributed by atoms with E-state index in [9.17, 15) is 19.3 Å². The molecule has 0 atom stereocenters. The van der Waals surface area contributed by atoms with E-state index in [1.54, 1.807) is 6.07 Å². The summed E-state index contributed by atoms with van der Waals surface area (Å²) in [5.74, 6) is -0.666. The monoisotopic (exact) mass is 274 g/mol. The van der Waals surface area contributed by atoms with Crippen LogP contribution in [0.4, 0.5) is 10.1 Å². The third-order valence-corrected chi connectivity index (χ3v) is 2.56. The lowest BCUT2D eigenvalue weighted by Crippen LogP contribution is -2.23. The van der Waals surface area contributed by atoms with Crippen molar-refractivity contribution in [2.24, 2.45) is 0 Å². The van der Waals surface area contributed by atoms with Crippen molar-refractivity contribution in [1.29, 1.82) is 5.26 Å². The van der Waals surface area contributed by atoms with E-state index in [1.165, 1.54) is 12.1 Å². The fourth-order valence-electron chi connectivity index (χ4n) is 1.60. The summed E-state index contributed by atoms with van der Waals surface area (Å²) >= 11 is 0. The molecule has 1 aromatic carbocycles. The van der Waals surface area contributed by atoms with Gasteiger partial charge in [0.1, 0.15) is 18.1 Å². The fourth-order valence-corrected chi connectivity index (χ4v) is 1.60. The standard InChI is InChI=1S/C12H7FN4O3/c13-11-2-1-8(3-9(11)4-14)6-16-7-10(17(19)20)5-15-12(16)18/h1-3,5,7H,6H2. The zero-order valence-corrected chi connectivity index (χ0v) is 9.99. The molecular formula is C12H7FN4O3. The Morgan fingerprint density at radius 2 is 2.25 bits per heavy atom. The van der Waals surface area contributed by atoms with Crippen LogP contribution in [0.2, 0.25) is 0 Å². The summed E-state index contributed by atoms with van der Waals surface area (Å²) in [6.45, 7) is -0.0392. The minimum absolute atomic E-state index is 0.0392. The lowest BCUT2D eigenvalue weighted by molar-refractivity contribution is -0.385. The van der Waals surface area contributed by atoms with Gasteiger partial charge in [-0.05, 0) is 17.7 Å². The van der Waals surface area contributed by atoms with Crippen molar-refractivity contribution in [3.05, 3.63) is 68.1 Å². The number of nitriles is 1. The van der Waals surface area contributed by atoms with Gasteiger partial charge in [0.25, 0.3) is 0 Å². The second-order valence-electron chi connectivity index (χ2n) is 3.91. The largest absolute Gasteiger partial charge is 0.348 e. The lowest BCUT2D eigenvalue weighted by atomic mass is 10.1. The quantitative estimate of drug-likeness (QED) is 0.618. The Kier molecular flexibility index (Phi) is 3.52. The summed E-state index contributed by atoms with van der Waals surface area (Å²) < 4.78 is 14.2. The summed E-state index contributed by atoms with van der Waals surface area (Å²) in [4.78, 5) is 24.8. The number of rotatable bonds is 3. The summed E-state index contributed by atoms with van der Waals surface area (Å²) in [5, 5.41) is 19.3. The maximum absolute atomic E-state index is 13.2. The molecule has 0 saturated heterocycles. The van der Waals surface area contributed by atoms with Crippen LogP contribution in [-0.4, -0.2) is 14.5 Å². The van der Waals surface area contributed by atoms with Crippen LogP contribution in [0, 0.1) is 27.3 Å². The first kappa shape index (κ1) is 13.4. The van der Waals surface area contributed by atoms with Crippen LogP contribution in [0.3, 0.4) is 0 Å². The van der Waals surface area contributed by atoms with Crippen LogP contribution in [0.1, 0.15) is 11.1 Å². The maximum atomic E-state index is 13.2. The Balaban J connectivity index is 2.40. The number of benzene rings is 1. The van der Waals surface area contributed by atoms with Gasteiger partial charge in [0.15, 0.2) is 0 Å². The molecule has 2 rings (SSSR count). The Morgan fingerprint density at radius 3 is 2.90 bits per heavy atom. The Morgan fingerprint density at radius 1 is 1.50 bits per heavy atom. The Bertz CT molecular complexity index is 779. The molecule has 0 radical (unpaired) electrons. The first-order chi connectivity index (χ1) is 9.51. The number of aromatic nitrogens is 2. The summed E-state index contributed by atoms with van der Waals surface area (Å²) in [5.41, 5.74) is -0.688. The third kappa shape index (κ3) is 2.67. The molecule has 0 amide bonds. The van der Waals surface area contributed by atoms with E-state index in [0.717, 1.165) is 23.0 Å². The van der Waals surface area contributed by atoms with Crippen molar-refractivity contribution in [2.75, 3.05) is 0 Å². The molecule has 0 N–H and O–H groups in total. The van der Waals surface area contributed by atoms with Gasteiger partial charge in [-0.2, -0.15) is 10.2 Å². The average molecular weight is 274 g/mol. The molecule has 20 heavy (non-hydrogen) atoms. The van der Waals surface area contributed by atoms with Gasteiger partial charge in [-0.1, -0.05) is 6.07 Å². The van der Waals surface area contributed by atoms with E-state index in [-0.39, 0.29) is 17.8 Å². The first-order valence-electron chi connectivity index (χ1n) is 5.40. The van der Waals surface area contributed by atoms with Gasteiger partial charge < -0.3 is 0 Å². The van der Waals surface area contributed by atoms with Gasteiger partial charge in [-0.15, -0.1) is 0 Å². The van der Waals surface area contributed by atoms with Crippen LogP contribution in [0.5, 0.6) is 0 Å². The van der Waals surface area contributed by atoms with Crippen molar-refractivity contribution in [3.63, 3.8) is 0 Å². The number of nitrogens with zero attached hydrogens (tertiary/aromatic N) is 4. The number of halogens is 1. The zero-order chi connectivity index (χ0) is 14.7. The minimum atomic E-state index is -0.672. The fraction of sp³-hybridized carbons (Fsp3) is 0.0833. The van der Waals surface area contributed by atoms with Crippen LogP contribution in [0.25, 0.3) is 0 Å². The van der Waals surface area contributed by atoms with Crippen LogP contribution >= 0.6 is 0 Å². The number of nitro groups is 1. The molecule has 0 unspecified atom stereocenters. The molecule has 0 saturated carbocycles. The molecule has 0 aliphatic rings. The highest BCUT2D eigenvalue weighted by atomic mass is 19.1. The van der Waals surface area contributed by atoms with Crippen molar-refractivity contribution >= 4 is 5.69 Å². The molecule has 8 heteroatoms. The van der Waals surface area contributed by atoms with E-state index in [1.807, 2.05) is 0 Å². The molecule has 0 aliphatic heterocycles. The molecule has 1 aromatic heterocycles. The zero-order valence-electron chi connectivity index (χ0n) is 9.99. The van der Waals surface area contributed by atoms with Gasteiger partial charge in [0.2, 0.25) is 0 Å². The molecular weight excluding hydrogens is 267 g/mol. The van der Waals surface area contributed by atoms with Gasteiger partial charge in [-0.3, -0.25) is 14.7 Å². The second-order valence-corrected chi connectivity index (χ2v) is 3.91. The van der Waals surface area contributed by atoms with E-state index in [2.05, 4.69) is 4.98 Å². The van der Waals surface area contributed by atoms with E-state index < -0.39 is 16.4 Å². The molecule has 0 aliphatic carbocycles. The normalized spacial score (nSPS) is 10.0. The second kappa shape index (κ2) is 5.27. The predicted molar refractivity (Wildman–Crippen MR) is 65.4 cm³/mol. The van der Waals surface area contributed by atoms with Crippen LogP contribution in [-0.2, 0) is 6.54 Å². The van der Waals surface area contributed by atoms with Gasteiger partial charge in [-0.25, -0.2) is 9.18 Å². The third-order valence-electron chi connectivity index (χ3n) is 2.56. The summed E-state index contributed by atoms with van der Waals surface area (Å²) in [7, 11) is 0. The molecule has 0 spiro atoms. The van der Waals surface area contributed by atoms with E-state index in [0.29, 0.717) is 5.56 Å². The highest BCUT2D eigenvalue weighted by Gasteiger charge is 2.10. The van der Waals surface area contributed by atoms with Gasteiger partial charge >= 0.3 is 11.4 Å². The summed E-state index contributed by atoms with van der Waals surface area (Å²) in [6, 6.07) is 5.45. The molecule has 7 nitrogen and oxygen atoms in total. The minimum Gasteiger partial charge on any atom is -0.288 e. The SMILES string of the molecule is N#Cc1cc(Cn2cc([N+](=O)[O-])cnc2=O)ccc1F. The smallest absolute Gasteiger partial charge is 0.288 e. The van der Waals surface area contributed by atoms with Crippen LogP contribution < -0.4 is 5.69 Å². The van der Waals surface area contributed by atoms with Crippen molar-refractivity contribution in [2.45, 2.75) is 6.54 Å². The lowest BCUT2D eigenvalue weighted by Gasteiger charge is -2.05. The average Bonchev–Trinajstić information content (AvgIpc) is 2.43. The molecule has 0 bridgehead atoms. The predicted octanol–water partition coefficient (Wildman–Crippen LogP) is 1.21. The van der Waals surface area contributed by atoms with E-state index in [4.69, 9.17) is 5.26 Å². The van der Waals surface area contributed by atoms with Crippen molar-refractivity contribution < 1.29 is 9.31 Å².